The van der Waals surface area contributed by atoms with Gasteiger partial charge in [0.25, 0.3) is 0 Å². The van der Waals surface area contributed by atoms with Crippen LogP contribution < -0.4 is 15.8 Å². The van der Waals surface area contributed by atoms with E-state index in [1.807, 2.05) is 0 Å². The molecule has 0 unspecified atom stereocenters. The van der Waals surface area contributed by atoms with Crippen molar-refractivity contribution in [3.63, 3.8) is 0 Å². The first-order valence-corrected chi connectivity index (χ1v) is 7.45. The average molecular weight is 292 g/mol. The number of rotatable bonds is 6. The number of ether oxygens (including phenoxy) is 2. The number of methoxy groups -OCH3 is 1. The highest BCUT2D eigenvalue weighted by Crippen LogP contribution is 2.30. The molecule has 5 heteroatoms. The van der Waals surface area contributed by atoms with Gasteiger partial charge in [-0.1, -0.05) is 19.3 Å². The van der Waals surface area contributed by atoms with Crippen molar-refractivity contribution < 1.29 is 14.3 Å². The number of carbonyl (C=O) groups excluding carboxylic acids is 1. The van der Waals surface area contributed by atoms with Crippen molar-refractivity contribution in [3.05, 3.63) is 24.3 Å². The lowest BCUT2D eigenvalue weighted by atomic mass is 9.85. The van der Waals surface area contributed by atoms with Crippen LogP contribution >= 0.6 is 0 Å². The van der Waals surface area contributed by atoms with E-state index in [1.54, 1.807) is 31.4 Å². The van der Waals surface area contributed by atoms with E-state index in [0.29, 0.717) is 6.54 Å². The molecule has 2 rings (SSSR count). The van der Waals surface area contributed by atoms with Gasteiger partial charge < -0.3 is 20.5 Å². The molecule has 0 heterocycles. The fourth-order valence-electron chi connectivity index (χ4n) is 2.69. The van der Waals surface area contributed by atoms with Crippen LogP contribution in [0.1, 0.15) is 32.1 Å². The van der Waals surface area contributed by atoms with Crippen LogP contribution in [0, 0.1) is 0 Å². The fourth-order valence-corrected chi connectivity index (χ4v) is 2.69. The molecule has 1 fully saturated rings. The third-order valence-corrected chi connectivity index (χ3v) is 4.02. The molecule has 1 aromatic carbocycles. The van der Waals surface area contributed by atoms with Gasteiger partial charge in [-0.05, 0) is 37.1 Å². The number of hydrogen-bond acceptors (Lipinski definition) is 4. The molecule has 21 heavy (non-hydrogen) atoms. The minimum atomic E-state index is -0.310. The zero-order valence-electron chi connectivity index (χ0n) is 12.6. The molecule has 1 aromatic rings. The number of nitrogens with two attached hydrogens (primary N) is 1. The molecule has 0 radical (unpaired) electrons. The molecule has 1 aliphatic rings. The number of nitrogens with one attached hydrogen (secondary N) is 1. The van der Waals surface area contributed by atoms with E-state index in [2.05, 4.69) is 5.32 Å². The van der Waals surface area contributed by atoms with E-state index in [9.17, 15) is 4.79 Å². The number of benzene rings is 1. The Morgan fingerprint density at radius 3 is 2.48 bits per heavy atom. The molecular formula is C16H24N2O3. The van der Waals surface area contributed by atoms with Gasteiger partial charge in [0.05, 0.1) is 12.7 Å². The van der Waals surface area contributed by atoms with Gasteiger partial charge in [-0.3, -0.25) is 4.79 Å². The van der Waals surface area contributed by atoms with Gasteiger partial charge in [0, 0.05) is 12.2 Å². The largest absolute Gasteiger partial charge is 0.497 e. The fraction of sp³-hybridized carbons (Fsp3) is 0.562. The van der Waals surface area contributed by atoms with E-state index < -0.39 is 0 Å². The van der Waals surface area contributed by atoms with Gasteiger partial charge in [-0.15, -0.1) is 0 Å². The van der Waals surface area contributed by atoms with Crippen molar-refractivity contribution in [2.24, 2.45) is 5.73 Å². The highest BCUT2D eigenvalue weighted by Gasteiger charge is 2.32. The molecule has 0 spiro atoms. The Labute approximate surface area is 125 Å². The predicted molar refractivity (Wildman–Crippen MR) is 82.4 cm³/mol. The zero-order valence-corrected chi connectivity index (χ0v) is 12.6. The molecule has 5 nitrogen and oxygen atoms in total. The van der Waals surface area contributed by atoms with E-state index in [0.717, 1.165) is 37.1 Å². The van der Waals surface area contributed by atoms with Crippen LogP contribution in [0.25, 0.3) is 0 Å². The molecule has 1 saturated carbocycles. The molecule has 0 bridgehead atoms. The number of anilines is 1. The van der Waals surface area contributed by atoms with Gasteiger partial charge in [0.2, 0.25) is 5.91 Å². The summed E-state index contributed by atoms with van der Waals surface area (Å²) in [4.78, 5) is 12.0. The maximum absolute atomic E-state index is 12.0. The van der Waals surface area contributed by atoms with Crippen molar-refractivity contribution >= 4 is 11.6 Å². The van der Waals surface area contributed by atoms with Crippen molar-refractivity contribution in [2.75, 3.05) is 25.6 Å². The molecule has 0 aliphatic heterocycles. The first kappa shape index (κ1) is 15.8. The maximum atomic E-state index is 12.0. The number of amides is 1. The van der Waals surface area contributed by atoms with Gasteiger partial charge in [0.1, 0.15) is 12.4 Å². The minimum absolute atomic E-state index is 0.0449. The first-order chi connectivity index (χ1) is 10.2. The van der Waals surface area contributed by atoms with Gasteiger partial charge in [-0.25, -0.2) is 0 Å². The Bertz CT molecular complexity index is 453. The second-order valence-corrected chi connectivity index (χ2v) is 5.51. The summed E-state index contributed by atoms with van der Waals surface area (Å²) in [7, 11) is 1.61. The van der Waals surface area contributed by atoms with Crippen LogP contribution in [0.3, 0.4) is 0 Å². The Morgan fingerprint density at radius 2 is 1.90 bits per heavy atom. The maximum Gasteiger partial charge on any atom is 0.250 e. The third kappa shape index (κ3) is 4.44. The van der Waals surface area contributed by atoms with Crippen LogP contribution in [0.15, 0.2) is 24.3 Å². The van der Waals surface area contributed by atoms with Crippen LogP contribution in [-0.4, -0.2) is 31.8 Å². The second-order valence-electron chi connectivity index (χ2n) is 5.51. The van der Waals surface area contributed by atoms with Crippen LogP contribution in [-0.2, 0) is 9.53 Å². The lowest BCUT2D eigenvalue weighted by molar-refractivity contribution is -0.130. The number of carbonyl (C=O) groups is 1. The van der Waals surface area contributed by atoms with Crippen molar-refractivity contribution in [3.8, 4) is 5.75 Å². The Balaban J connectivity index is 1.83. The molecular weight excluding hydrogens is 268 g/mol. The summed E-state index contributed by atoms with van der Waals surface area (Å²) < 4.78 is 10.9. The van der Waals surface area contributed by atoms with Gasteiger partial charge in [-0.2, -0.15) is 0 Å². The normalized spacial score (nSPS) is 17.2. The highest BCUT2D eigenvalue weighted by molar-refractivity contribution is 5.91. The quantitative estimate of drug-likeness (QED) is 0.844. The summed E-state index contributed by atoms with van der Waals surface area (Å²) >= 11 is 0. The molecule has 1 aliphatic carbocycles. The van der Waals surface area contributed by atoms with Gasteiger partial charge in [0.15, 0.2) is 0 Å². The monoisotopic (exact) mass is 292 g/mol. The van der Waals surface area contributed by atoms with Crippen molar-refractivity contribution in [1.82, 2.24) is 0 Å². The Morgan fingerprint density at radius 1 is 1.24 bits per heavy atom. The second kappa shape index (κ2) is 7.43. The molecule has 0 aromatic heterocycles. The summed E-state index contributed by atoms with van der Waals surface area (Å²) in [6.45, 7) is 0.520. The lowest BCUT2D eigenvalue weighted by Gasteiger charge is -2.35. The number of hydrogen-bond donors (Lipinski definition) is 2. The third-order valence-electron chi connectivity index (χ3n) is 4.02. The van der Waals surface area contributed by atoms with E-state index in [4.69, 9.17) is 15.2 Å². The van der Waals surface area contributed by atoms with Crippen LogP contribution in [0.5, 0.6) is 5.75 Å². The van der Waals surface area contributed by atoms with Crippen LogP contribution in [0.2, 0.25) is 0 Å². The predicted octanol–water partition coefficient (Wildman–Crippen LogP) is 2.31. The molecule has 0 saturated heterocycles. The summed E-state index contributed by atoms with van der Waals surface area (Å²) in [5.74, 6) is 0.604. The van der Waals surface area contributed by atoms with E-state index in [1.165, 1.54) is 6.42 Å². The first-order valence-electron chi connectivity index (χ1n) is 7.45. The van der Waals surface area contributed by atoms with E-state index in [-0.39, 0.29) is 18.1 Å². The summed E-state index contributed by atoms with van der Waals surface area (Å²) in [6.07, 6.45) is 5.36. The smallest absolute Gasteiger partial charge is 0.250 e. The van der Waals surface area contributed by atoms with Gasteiger partial charge >= 0.3 is 0 Å². The SMILES string of the molecule is COc1ccc(NC(=O)COC2(CN)CCCCC2)cc1. The Kier molecular flexibility index (Phi) is 5.59. The summed E-state index contributed by atoms with van der Waals surface area (Å²) in [5.41, 5.74) is 6.26. The topological polar surface area (TPSA) is 73.6 Å². The van der Waals surface area contributed by atoms with Crippen molar-refractivity contribution in [2.45, 2.75) is 37.7 Å². The molecule has 1 amide bonds. The lowest BCUT2D eigenvalue weighted by Crippen LogP contribution is -2.44. The Hall–Kier alpha value is -1.59. The summed E-state index contributed by atoms with van der Waals surface area (Å²) in [6, 6.07) is 7.21. The van der Waals surface area contributed by atoms with Crippen molar-refractivity contribution in [1.29, 1.82) is 0 Å². The molecule has 0 atom stereocenters. The van der Waals surface area contributed by atoms with E-state index >= 15 is 0 Å². The average Bonchev–Trinajstić information content (AvgIpc) is 2.54. The highest BCUT2D eigenvalue weighted by atomic mass is 16.5. The standard InChI is InChI=1S/C16H24N2O3/c1-20-14-7-5-13(6-8-14)18-15(19)11-21-16(12-17)9-3-2-4-10-16/h5-8H,2-4,9-12,17H2,1H3,(H,18,19). The minimum Gasteiger partial charge on any atom is -0.497 e. The molecule has 3 N–H and O–H groups in total. The summed E-state index contributed by atoms with van der Waals surface area (Å²) in [5, 5.41) is 2.81. The van der Waals surface area contributed by atoms with Crippen LogP contribution in [0.4, 0.5) is 5.69 Å². The molecule has 116 valence electrons. The zero-order chi connectivity index (χ0) is 15.1.